The second-order valence-electron chi connectivity index (χ2n) is 6.71. The number of hydrogen-bond donors (Lipinski definition) is 1. The van der Waals surface area contributed by atoms with Gasteiger partial charge in [0.1, 0.15) is 6.23 Å². The SMILES string of the molecule is COC1CCN(Cc2cc3c(c(C(F)(F)F)c2)CN(C)C3O)CC1. The number of halogens is 3. The number of hydrogen-bond acceptors (Lipinski definition) is 4. The van der Waals surface area contributed by atoms with Gasteiger partial charge in [-0.1, -0.05) is 6.07 Å². The number of aliphatic hydroxyl groups is 1. The molecule has 7 heteroatoms. The summed E-state index contributed by atoms with van der Waals surface area (Å²) < 4.78 is 45.6. The van der Waals surface area contributed by atoms with E-state index in [1.807, 2.05) is 0 Å². The molecule has 1 unspecified atom stereocenters. The van der Waals surface area contributed by atoms with Gasteiger partial charge in [0, 0.05) is 38.9 Å². The minimum absolute atomic E-state index is 0.116. The Hall–Kier alpha value is -1.15. The largest absolute Gasteiger partial charge is 0.416 e. The van der Waals surface area contributed by atoms with Crippen molar-refractivity contribution in [3.05, 3.63) is 34.4 Å². The third kappa shape index (κ3) is 3.44. The fourth-order valence-electron chi connectivity index (χ4n) is 3.64. The van der Waals surface area contributed by atoms with Crippen LogP contribution in [0.2, 0.25) is 0 Å². The molecule has 0 saturated carbocycles. The van der Waals surface area contributed by atoms with Gasteiger partial charge in [-0.15, -0.1) is 0 Å². The molecule has 2 heterocycles. The van der Waals surface area contributed by atoms with Crippen molar-refractivity contribution in [3.63, 3.8) is 0 Å². The molecular formula is C17H23F3N2O2. The minimum Gasteiger partial charge on any atom is -0.381 e. The number of ether oxygens (including phenoxy) is 1. The number of benzene rings is 1. The van der Waals surface area contributed by atoms with E-state index in [4.69, 9.17) is 4.74 Å². The molecule has 1 N–H and O–H groups in total. The number of likely N-dealkylation sites (tertiary alicyclic amines) is 1. The summed E-state index contributed by atoms with van der Waals surface area (Å²) in [7, 11) is 3.31. The van der Waals surface area contributed by atoms with Gasteiger partial charge in [0.05, 0.1) is 11.7 Å². The first-order valence-electron chi connectivity index (χ1n) is 8.16. The van der Waals surface area contributed by atoms with Crippen molar-refractivity contribution in [2.24, 2.45) is 0 Å². The third-order valence-corrected chi connectivity index (χ3v) is 5.03. The Kier molecular flexibility index (Phi) is 4.88. The molecule has 0 amide bonds. The summed E-state index contributed by atoms with van der Waals surface area (Å²) in [6.07, 6.45) is -3.37. The number of alkyl halides is 3. The fourth-order valence-corrected chi connectivity index (χ4v) is 3.64. The minimum atomic E-state index is -4.41. The summed E-state index contributed by atoms with van der Waals surface area (Å²) in [5, 5.41) is 10.2. The van der Waals surface area contributed by atoms with Crippen LogP contribution < -0.4 is 0 Å². The smallest absolute Gasteiger partial charge is 0.381 e. The third-order valence-electron chi connectivity index (χ3n) is 5.03. The van der Waals surface area contributed by atoms with Crippen molar-refractivity contribution in [2.45, 2.75) is 44.4 Å². The summed E-state index contributed by atoms with van der Waals surface area (Å²) in [5.74, 6) is 0. The molecule has 1 aromatic carbocycles. The fraction of sp³-hybridized carbons (Fsp3) is 0.647. The molecule has 0 aromatic heterocycles. The highest BCUT2D eigenvalue weighted by atomic mass is 19.4. The van der Waals surface area contributed by atoms with Gasteiger partial charge < -0.3 is 9.84 Å². The maximum absolute atomic E-state index is 13.4. The van der Waals surface area contributed by atoms with Crippen LogP contribution >= 0.6 is 0 Å². The first kappa shape index (κ1) is 17.7. The molecule has 4 nitrogen and oxygen atoms in total. The lowest BCUT2D eigenvalue weighted by molar-refractivity contribution is -0.138. The van der Waals surface area contributed by atoms with Crippen molar-refractivity contribution < 1.29 is 23.0 Å². The summed E-state index contributed by atoms with van der Waals surface area (Å²) in [6.45, 7) is 2.19. The average Bonchev–Trinajstić information content (AvgIpc) is 2.82. The Balaban J connectivity index is 1.85. The van der Waals surface area contributed by atoms with E-state index in [1.165, 1.54) is 11.0 Å². The second kappa shape index (κ2) is 6.63. The number of nitrogens with zero attached hydrogens (tertiary/aromatic N) is 2. The van der Waals surface area contributed by atoms with Crippen molar-refractivity contribution in [1.82, 2.24) is 9.80 Å². The lowest BCUT2D eigenvalue weighted by Crippen LogP contribution is -2.36. The molecule has 3 rings (SSSR count). The quantitative estimate of drug-likeness (QED) is 0.915. The predicted octanol–water partition coefficient (Wildman–Crippen LogP) is 2.75. The van der Waals surface area contributed by atoms with E-state index >= 15 is 0 Å². The maximum Gasteiger partial charge on any atom is 0.416 e. The van der Waals surface area contributed by atoms with Gasteiger partial charge in [-0.25, -0.2) is 0 Å². The molecule has 1 fully saturated rings. The summed E-state index contributed by atoms with van der Waals surface area (Å²) in [5.41, 5.74) is 0.560. The highest BCUT2D eigenvalue weighted by Crippen LogP contribution is 2.41. The van der Waals surface area contributed by atoms with E-state index in [-0.39, 0.29) is 18.2 Å². The summed E-state index contributed by atoms with van der Waals surface area (Å²) in [6, 6.07) is 2.97. The van der Waals surface area contributed by atoms with E-state index < -0.39 is 18.0 Å². The van der Waals surface area contributed by atoms with Crippen LogP contribution in [0.4, 0.5) is 13.2 Å². The normalized spacial score (nSPS) is 23.7. The number of rotatable bonds is 3. The summed E-state index contributed by atoms with van der Waals surface area (Å²) in [4.78, 5) is 3.66. The molecule has 1 saturated heterocycles. The Bertz CT molecular complexity index is 598. The van der Waals surface area contributed by atoms with E-state index in [9.17, 15) is 18.3 Å². The number of methoxy groups -OCH3 is 1. The molecular weight excluding hydrogens is 321 g/mol. The maximum atomic E-state index is 13.4. The van der Waals surface area contributed by atoms with E-state index in [2.05, 4.69) is 4.90 Å². The second-order valence-corrected chi connectivity index (χ2v) is 6.71. The zero-order valence-electron chi connectivity index (χ0n) is 13.9. The highest BCUT2D eigenvalue weighted by molar-refractivity contribution is 5.44. The zero-order chi connectivity index (χ0) is 17.5. The van der Waals surface area contributed by atoms with Crippen LogP contribution in [-0.2, 0) is 24.0 Å². The van der Waals surface area contributed by atoms with Crippen molar-refractivity contribution >= 4 is 0 Å². The first-order valence-corrected chi connectivity index (χ1v) is 8.16. The van der Waals surface area contributed by atoms with Gasteiger partial charge in [-0.2, -0.15) is 13.2 Å². The Morgan fingerprint density at radius 3 is 2.50 bits per heavy atom. The molecule has 2 aliphatic heterocycles. The molecule has 1 atom stereocenters. The van der Waals surface area contributed by atoms with Crippen LogP contribution in [0.1, 0.15) is 41.3 Å². The van der Waals surface area contributed by atoms with E-state index in [0.29, 0.717) is 17.7 Å². The lowest BCUT2D eigenvalue weighted by atomic mass is 9.97. The van der Waals surface area contributed by atoms with Crippen molar-refractivity contribution in [3.8, 4) is 0 Å². The molecule has 0 bridgehead atoms. The van der Waals surface area contributed by atoms with Crippen molar-refractivity contribution in [1.29, 1.82) is 0 Å². The summed E-state index contributed by atoms with van der Waals surface area (Å²) >= 11 is 0. The number of aliphatic hydroxyl groups excluding tert-OH is 1. The highest BCUT2D eigenvalue weighted by Gasteiger charge is 2.39. The first-order chi connectivity index (χ1) is 11.3. The standard InChI is InChI=1S/C17H23F3N2O2/c1-21-10-14-13(16(21)23)7-11(8-15(14)17(18,19)20)9-22-5-3-12(24-2)4-6-22/h7-8,12,16,23H,3-6,9-10H2,1-2H3. The van der Waals surface area contributed by atoms with Crippen LogP contribution in [-0.4, -0.2) is 48.3 Å². The molecule has 0 spiro atoms. The van der Waals surface area contributed by atoms with Gasteiger partial charge in [0.25, 0.3) is 0 Å². The van der Waals surface area contributed by atoms with E-state index in [1.54, 1.807) is 20.2 Å². The zero-order valence-corrected chi connectivity index (χ0v) is 13.9. The molecule has 1 aromatic rings. The van der Waals surface area contributed by atoms with Gasteiger partial charge in [-0.3, -0.25) is 9.80 Å². The van der Waals surface area contributed by atoms with Gasteiger partial charge >= 0.3 is 6.18 Å². The van der Waals surface area contributed by atoms with Crippen molar-refractivity contribution in [2.75, 3.05) is 27.2 Å². The van der Waals surface area contributed by atoms with E-state index in [0.717, 1.165) is 25.9 Å². The van der Waals surface area contributed by atoms with Crippen LogP contribution in [0, 0.1) is 0 Å². The molecule has 0 aliphatic carbocycles. The van der Waals surface area contributed by atoms with Crippen LogP contribution in [0.15, 0.2) is 12.1 Å². The number of piperidine rings is 1. The number of fused-ring (bicyclic) bond motifs is 1. The molecule has 0 radical (unpaired) electrons. The Labute approximate surface area is 139 Å². The molecule has 134 valence electrons. The van der Waals surface area contributed by atoms with Crippen LogP contribution in [0.3, 0.4) is 0 Å². The predicted molar refractivity (Wildman–Crippen MR) is 83.2 cm³/mol. The average molecular weight is 344 g/mol. The Morgan fingerprint density at radius 1 is 1.25 bits per heavy atom. The van der Waals surface area contributed by atoms with Crippen LogP contribution in [0.25, 0.3) is 0 Å². The molecule has 2 aliphatic rings. The lowest BCUT2D eigenvalue weighted by Gasteiger charge is -2.31. The van der Waals surface area contributed by atoms with Gasteiger partial charge in [0.2, 0.25) is 0 Å². The topological polar surface area (TPSA) is 35.9 Å². The van der Waals surface area contributed by atoms with Crippen LogP contribution in [0.5, 0.6) is 0 Å². The monoisotopic (exact) mass is 344 g/mol. The van der Waals surface area contributed by atoms with Gasteiger partial charge in [-0.05, 0) is 37.1 Å². The van der Waals surface area contributed by atoms with Gasteiger partial charge in [0.15, 0.2) is 0 Å². The Morgan fingerprint density at radius 2 is 1.92 bits per heavy atom. The molecule has 24 heavy (non-hydrogen) atoms.